The Morgan fingerprint density at radius 1 is 1.29 bits per heavy atom. The molecular weight excluding hydrogens is 233 g/mol. The topological polar surface area (TPSA) is 20.2 Å². The Bertz CT molecular complexity index is 233. The molecule has 82 valence electrons. The van der Waals surface area contributed by atoms with Crippen molar-refractivity contribution in [2.45, 2.75) is 48.0 Å². The summed E-state index contributed by atoms with van der Waals surface area (Å²) >= 11 is 0. The third kappa shape index (κ3) is 1.46. The molecule has 6 heteroatoms. The van der Waals surface area contributed by atoms with E-state index in [0.717, 1.165) is 17.2 Å². The Hall–Kier alpha value is 0.450. The van der Waals surface area contributed by atoms with E-state index in [1.165, 1.54) is 10.8 Å². The van der Waals surface area contributed by atoms with Crippen LogP contribution in [-0.2, 0) is 0 Å². The first kappa shape index (κ1) is 11.0. The van der Waals surface area contributed by atoms with Gasteiger partial charge in [-0.25, -0.2) is 0 Å². The predicted octanol–water partition coefficient (Wildman–Crippen LogP) is 2.99. The second kappa shape index (κ2) is 3.49. The molecule has 3 atom stereocenters. The highest BCUT2D eigenvalue weighted by molar-refractivity contribution is 8.78. The van der Waals surface area contributed by atoms with Gasteiger partial charge in [0, 0.05) is 5.25 Å². The molecule has 3 unspecified atom stereocenters. The molecule has 2 aliphatic rings. The van der Waals surface area contributed by atoms with Gasteiger partial charge in [-0.1, -0.05) is 34.4 Å². The highest BCUT2D eigenvalue weighted by Crippen LogP contribution is 2.62. The van der Waals surface area contributed by atoms with Crippen LogP contribution in [0.2, 0.25) is 0 Å². The molecule has 2 bridgehead atoms. The fourth-order valence-corrected chi connectivity index (χ4v) is 5.92. The van der Waals surface area contributed by atoms with Gasteiger partial charge < -0.3 is 5.11 Å². The summed E-state index contributed by atoms with van der Waals surface area (Å²) in [7, 11) is 2.04. The Kier molecular flexibility index (Phi) is 2.73. The lowest BCUT2D eigenvalue weighted by molar-refractivity contribution is -0.181. The molecule has 1 aliphatic carbocycles. The van der Waals surface area contributed by atoms with Gasteiger partial charge >= 0.3 is 6.18 Å². The number of aliphatic hydroxyl groups is 1. The molecule has 0 aromatic carbocycles. The normalized spacial score (nSPS) is 43.7. The van der Waals surface area contributed by atoms with Crippen LogP contribution in [0.25, 0.3) is 0 Å². The third-order valence-corrected chi connectivity index (χ3v) is 6.65. The summed E-state index contributed by atoms with van der Waals surface area (Å²) in [5, 5.41) is 9.48. The van der Waals surface area contributed by atoms with Crippen LogP contribution in [0.4, 0.5) is 13.2 Å². The third-order valence-electron chi connectivity index (χ3n) is 2.92. The number of rotatable bonds is 0. The fourth-order valence-electron chi connectivity index (χ4n) is 2.04. The van der Waals surface area contributed by atoms with Crippen LogP contribution in [0.5, 0.6) is 0 Å². The molecule has 0 amide bonds. The van der Waals surface area contributed by atoms with E-state index in [1.54, 1.807) is 0 Å². The SMILES string of the molecule is OC1C2CCCCC1(C(F)(F)F)SS2. The van der Waals surface area contributed by atoms with Crippen molar-refractivity contribution in [1.82, 2.24) is 0 Å². The second-order valence-electron chi connectivity index (χ2n) is 3.80. The van der Waals surface area contributed by atoms with E-state index in [2.05, 4.69) is 0 Å². The Labute approximate surface area is 88.2 Å². The van der Waals surface area contributed by atoms with Gasteiger partial charge in [0.05, 0.1) is 6.10 Å². The zero-order valence-corrected chi connectivity index (χ0v) is 9.01. The molecule has 2 fully saturated rings. The van der Waals surface area contributed by atoms with Crippen LogP contribution in [0.15, 0.2) is 0 Å². The molecule has 1 saturated carbocycles. The molecule has 2 rings (SSSR count). The zero-order chi connectivity index (χ0) is 10.4. The molecule has 0 aromatic rings. The smallest absolute Gasteiger partial charge is 0.390 e. The van der Waals surface area contributed by atoms with Crippen LogP contribution >= 0.6 is 21.6 Å². The van der Waals surface area contributed by atoms with Crippen LogP contribution < -0.4 is 0 Å². The average molecular weight is 244 g/mol. The van der Waals surface area contributed by atoms with Gasteiger partial charge in [0.2, 0.25) is 0 Å². The maximum Gasteiger partial charge on any atom is 0.406 e. The standard InChI is InChI=1S/C8H11F3OS2/c9-8(10,11)7-4-2-1-3-5(6(7)12)13-14-7/h5-6,12H,1-4H2. The van der Waals surface area contributed by atoms with Crippen molar-refractivity contribution in [2.24, 2.45) is 0 Å². The van der Waals surface area contributed by atoms with Crippen molar-refractivity contribution < 1.29 is 18.3 Å². The van der Waals surface area contributed by atoms with Crippen molar-refractivity contribution in [1.29, 1.82) is 0 Å². The second-order valence-corrected chi connectivity index (χ2v) is 6.57. The molecule has 1 nitrogen and oxygen atoms in total. The minimum atomic E-state index is -4.29. The maximum absolute atomic E-state index is 12.9. The summed E-state index contributed by atoms with van der Waals surface area (Å²) in [6.45, 7) is 0. The summed E-state index contributed by atoms with van der Waals surface area (Å²) in [5.41, 5.74) is 0. The molecule has 1 heterocycles. The van der Waals surface area contributed by atoms with Crippen LogP contribution in [0.1, 0.15) is 25.7 Å². The zero-order valence-electron chi connectivity index (χ0n) is 7.38. The first-order valence-corrected chi connectivity index (χ1v) is 6.78. The number of halogens is 3. The van der Waals surface area contributed by atoms with Gasteiger partial charge in [0.1, 0.15) is 4.75 Å². The fraction of sp³-hybridized carbons (Fsp3) is 1.00. The van der Waals surface area contributed by atoms with E-state index in [-0.39, 0.29) is 11.7 Å². The van der Waals surface area contributed by atoms with E-state index >= 15 is 0 Å². The summed E-state index contributed by atoms with van der Waals surface area (Å²) in [6.07, 6.45) is -3.38. The summed E-state index contributed by atoms with van der Waals surface area (Å²) < 4.78 is 36.7. The number of aliphatic hydroxyl groups excluding tert-OH is 1. The highest BCUT2D eigenvalue weighted by atomic mass is 33.1. The van der Waals surface area contributed by atoms with Gasteiger partial charge in [-0.2, -0.15) is 13.2 Å². The first-order chi connectivity index (χ1) is 6.47. The van der Waals surface area contributed by atoms with Crippen LogP contribution in [-0.4, -0.2) is 27.4 Å². The van der Waals surface area contributed by atoms with Crippen molar-refractivity contribution >= 4 is 21.6 Å². The van der Waals surface area contributed by atoms with Gasteiger partial charge in [0.15, 0.2) is 0 Å². The van der Waals surface area contributed by atoms with Crippen LogP contribution in [0, 0.1) is 0 Å². The van der Waals surface area contributed by atoms with E-state index < -0.39 is 17.0 Å². The molecule has 0 radical (unpaired) electrons. The summed E-state index contributed by atoms with van der Waals surface area (Å²) in [4.78, 5) is 0. The minimum absolute atomic E-state index is 0.0613. The van der Waals surface area contributed by atoms with Crippen molar-refractivity contribution in [3.8, 4) is 0 Å². The highest BCUT2D eigenvalue weighted by Gasteiger charge is 2.65. The quantitative estimate of drug-likeness (QED) is 0.661. The lowest BCUT2D eigenvalue weighted by Crippen LogP contribution is -2.50. The summed E-state index contributed by atoms with van der Waals surface area (Å²) in [6, 6.07) is 0. The first-order valence-electron chi connectivity index (χ1n) is 4.57. The summed E-state index contributed by atoms with van der Waals surface area (Å²) in [5.74, 6) is 0. The average Bonchev–Trinajstić information content (AvgIpc) is 2.21. The minimum Gasteiger partial charge on any atom is -0.390 e. The van der Waals surface area contributed by atoms with E-state index in [0.29, 0.717) is 12.8 Å². The molecule has 0 spiro atoms. The predicted molar refractivity (Wildman–Crippen MR) is 52.2 cm³/mol. The molecule has 1 saturated heterocycles. The van der Waals surface area contributed by atoms with Gasteiger partial charge in [0.25, 0.3) is 0 Å². The molecule has 14 heavy (non-hydrogen) atoms. The number of hydrogen-bond donors (Lipinski definition) is 1. The van der Waals surface area contributed by atoms with Gasteiger partial charge in [-0.3, -0.25) is 0 Å². The van der Waals surface area contributed by atoms with Gasteiger partial charge in [-0.15, -0.1) is 0 Å². The molecule has 0 aromatic heterocycles. The van der Waals surface area contributed by atoms with Crippen molar-refractivity contribution in [3.63, 3.8) is 0 Å². The number of alkyl halides is 3. The van der Waals surface area contributed by atoms with Gasteiger partial charge in [-0.05, 0) is 12.8 Å². The molecule has 1 aliphatic heterocycles. The molecule has 1 N–H and O–H groups in total. The van der Waals surface area contributed by atoms with Crippen molar-refractivity contribution in [2.75, 3.05) is 0 Å². The van der Waals surface area contributed by atoms with E-state index in [4.69, 9.17) is 0 Å². The molecular formula is C8H11F3OS2. The van der Waals surface area contributed by atoms with Crippen LogP contribution in [0.3, 0.4) is 0 Å². The Balaban J connectivity index is 2.31. The Morgan fingerprint density at radius 3 is 2.64 bits per heavy atom. The maximum atomic E-state index is 12.9. The number of hydrogen-bond acceptors (Lipinski definition) is 3. The van der Waals surface area contributed by atoms with E-state index in [1.807, 2.05) is 0 Å². The monoisotopic (exact) mass is 244 g/mol. The lowest BCUT2D eigenvalue weighted by atomic mass is 9.95. The van der Waals surface area contributed by atoms with Crippen molar-refractivity contribution in [3.05, 3.63) is 0 Å². The number of fused-ring (bicyclic) bond motifs is 2. The Morgan fingerprint density at radius 2 is 2.00 bits per heavy atom. The largest absolute Gasteiger partial charge is 0.406 e. The lowest BCUT2D eigenvalue weighted by Gasteiger charge is -2.32. The van der Waals surface area contributed by atoms with E-state index in [9.17, 15) is 18.3 Å².